The van der Waals surface area contributed by atoms with E-state index in [0.29, 0.717) is 12.2 Å². The van der Waals surface area contributed by atoms with Gasteiger partial charge in [-0.1, -0.05) is 18.2 Å². The molecule has 1 aromatic heterocycles. The van der Waals surface area contributed by atoms with E-state index in [1.54, 1.807) is 18.3 Å². The van der Waals surface area contributed by atoms with Gasteiger partial charge in [0.05, 0.1) is 12.5 Å². The van der Waals surface area contributed by atoms with Crippen molar-refractivity contribution >= 4 is 11.8 Å². The van der Waals surface area contributed by atoms with Gasteiger partial charge in [-0.05, 0) is 38.0 Å². The molecule has 0 amide bonds. The summed E-state index contributed by atoms with van der Waals surface area (Å²) in [5.74, 6) is 0.499. The Kier molecular flexibility index (Phi) is 5.08. The molecule has 0 atom stereocenters. The molecular formula is C19H21FN2O2. The van der Waals surface area contributed by atoms with Crippen LogP contribution in [0, 0.1) is 11.7 Å². The Bertz CT molecular complexity index is 695. The second-order valence-corrected chi connectivity index (χ2v) is 5.90. The molecule has 2 aromatic rings. The van der Waals surface area contributed by atoms with E-state index in [1.807, 2.05) is 25.1 Å². The Morgan fingerprint density at radius 1 is 1.25 bits per heavy atom. The summed E-state index contributed by atoms with van der Waals surface area (Å²) in [6.45, 7) is 3.80. The van der Waals surface area contributed by atoms with Crippen LogP contribution in [0.1, 0.15) is 19.8 Å². The highest BCUT2D eigenvalue weighted by atomic mass is 19.1. The number of rotatable bonds is 4. The summed E-state index contributed by atoms with van der Waals surface area (Å²) in [5.41, 5.74) is 1.32. The number of piperidine rings is 1. The van der Waals surface area contributed by atoms with Crippen molar-refractivity contribution in [1.29, 1.82) is 0 Å². The molecule has 1 fully saturated rings. The van der Waals surface area contributed by atoms with E-state index in [0.717, 1.165) is 37.3 Å². The van der Waals surface area contributed by atoms with Crippen LogP contribution in [0.5, 0.6) is 0 Å². The molecule has 5 heteroatoms. The van der Waals surface area contributed by atoms with Gasteiger partial charge in [-0.2, -0.15) is 0 Å². The second-order valence-electron chi connectivity index (χ2n) is 5.90. The Labute approximate surface area is 141 Å². The standard InChI is InChI=1S/C19H21FN2O2/c1-2-24-19(23)14-9-11-22(12-10-14)18-8-7-15(13-21-18)16-5-3-4-6-17(16)20/h3-8,13-14H,2,9-12H2,1H3. The summed E-state index contributed by atoms with van der Waals surface area (Å²) in [7, 11) is 0. The van der Waals surface area contributed by atoms with E-state index >= 15 is 0 Å². The number of esters is 1. The quantitative estimate of drug-likeness (QED) is 0.803. The fourth-order valence-corrected chi connectivity index (χ4v) is 3.03. The lowest BCUT2D eigenvalue weighted by atomic mass is 9.97. The molecule has 1 saturated heterocycles. The maximum Gasteiger partial charge on any atom is 0.309 e. The average molecular weight is 328 g/mol. The smallest absolute Gasteiger partial charge is 0.309 e. The number of halogens is 1. The van der Waals surface area contributed by atoms with E-state index in [4.69, 9.17) is 4.74 Å². The summed E-state index contributed by atoms with van der Waals surface area (Å²) in [5, 5.41) is 0. The first-order chi connectivity index (χ1) is 11.7. The monoisotopic (exact) mass is 328 g/mol. The molecule has 0 N–H and O–H groups in total. The molecule has 0 bridgehead atoms. The molecule has 2 heterocycles. The number of anilines is 1. The van der Waals surface area contributed by atoms with E-state index in [2.05, 4.69) is 9.88 Å². The third-order valence-electron chi connectivity index (χ3n) is 4.37. The Hall–Kier alpha value is -2.43. The molecule has 0 radical (unpaired) electrons. The highest BCUT2D eigenvalue weighted by Crippen LogP contribution is 2.26. The number of hydrogen-bond acceptors (Lipinski definition) is 4. The van der Waals surface area contributed by atoms with Gasteiger partial charge in [0.25, 0.3) is 0 Å². The molecule has 24 heavy (non-hydrogen) atoms. The number of pyridine rings is 1. The molecule has 4 nitrogen and oxygen atoms in total. The summed E-state index contributed by atoms with van der Waals surface area (Å²) in [6.07, 6.45) is 3.25. The molecule has 0 aliphatic carbocycles. The number of carbonyl (C=O) groups is 1. The van der Waals surface area contributed by atoms with Gasteiger partial charge in [-0.15, -0.1) is 0 Å². The topological polar surface area (TPSA) is 42.4 Å². The molecule has 1 aliphatic rings. The SMILES string of the molecule is CCOC(=O)C1CCN(c2ccc(-c3ccccc3F)cn2)CC1. The van der Waals surface area contributed by atoms with Crippen molar-refractivity contribution in [3.8, 4) is 11.1 Å². The van der Waals surface area contributed by atoms with Crippen molar-refractivity contribution in [3.05, 3.63) is 48.4 Å². The van der Waals surface area contributed by atoms with Crippen molar-refractivity contribution in [1.82, 2.24) is 4.98 Å². The summed E-state index contributed by atoms with van der Waals surface area (Å²) < 4.78 is 18.9. The van der Waals surface area contributed by atoms with Gasteiger partial charge >= 0.3 is 5.97 Å². The van der Waals surface area contributed by atoms with Gasteiger partial charge in [0.1, 0.15) is 11.6 Å². The number of aromatic nitrogens is 1. The van der Waals surface area contributed by atoms with Crippen LogP contribution in [0.2, 0.25) is 0 Å². The predicted molar refractivity (Wildman–Crippen MR) is 91.2 cm³/mol. The third kappa shape index (κ3) is 3.55. The van der Waals surface area contributed by atoms with Crippen LogP contribution in [-0.4, -0.2) is 30.6 Å². The summed E-state index contributed by atoms with van der Waals surface area (Å²) in [6, 6.07) is 10.5. The maximum absolute atomic E-state index is 13.8. The van der Waals surface area contributed by atoms with Gasteiger partial charge in [0.15, 0.2) is 0 Å². The van der Waals surface area contributed by atoms with Gasteiger partial charge in [0.2, 0.25) is 0 Å². The fourth-order valence-electron chi connectivity index (χ4n) is 3.03. The minimum absolute atomic E-state index is 0.0149. The minimum Gasteiger partial charge on any atom is -0.466 e. The Balaban J connectivity index is 1.65. The first-order valence-corrected chi connectivity index (χ1v) is 8.31. The van der Waals surface area contributed by atoms with E-state index in [9.17, 15) is 9.18 Å². The predicted octanol–water partition coefficient (Wildman–Crippen LogP) is 3.67. The highest BCUT2D eigenvalue weighted by Gasteiger charge is 2.26. The summed E-state index contributed by atoms with van der Waals surface area (Å²) in [4.78, 5) is 18.4. The van der Waals surface area contributed by atoms with Crippen LogP contribution >= 0.6 is 0 Å². The largest absolute Gasteiger partial charge is 0.466 e. The Morgan fingerprint density at radius 2 is 2.00 bits per heavy atom. The van der Waals surface area contributed by atoms with E-state index in [1.165, 1.54) is 6.07 Å². The van der Waals surface area contributed by atoms with Crippen LogP contribution in [0.15, 0.2) is 42.6 Å². The van der Waals surface area contributed by atoms with Crippen LogP contribution < -0.4 is 4.90 Å². The van der Waals surface area contributed by atoms with E-state index < -0.39 is 0 Å². The van der Waals surface area contributed by atoms with Gasteiger partial charge in [-0.3, -0.25) is 4.79 Å². The number of hydrogen-bond donors (Lipinski definition) is 0. The van der Waals surface area contributed by atoms with Crippen LogP contribution in [0.3, 0.4) is 0 Å². The van der Waals surface area contributed by atoms with E-state index in [-0.39, 0.29) is 17.7 Å². The zero-order valence-electron chi connectivity index (χ0n) is 13.7. The highest BCUT2D eigenvalue weighted by molar-refractivity contribution is 5.73. The van der Waals surface area contributed by atoms with Gasteiger partial charge in [-0.25, -0.2) is 9.37 Å². The number of nitrogens with zero attached hydrogens (tertiary/aromatic N) is 2. The zero-order chi connectivity index (χ0) is 16.9. The van der Waals surface area contributed by atoms with Crippen LogP contribution in [-0.2, 0) is 9.53 Å². The molecule has 1 aromatic carbocycles. The van der Waals surface area contributed by atoms with Gasteiger partial charge in [0, 0.05) is 30.4 Å². The Morgan fingerprint density at radius 3 is 2.62 bits per heavy atom. The molecule has 0 spiro atoms. The van der Waals surface area contributed by atoms with Crippen molar-refractivity contribution in [3.63, 3.8) is 0 Å². The first kappa shape index (κ1) is 16.4. The van der Waals surface area contributed by atoms with Crippen molar-refractivity contribution in [2.75, 3.05) is 24.6 Å². The number of ether oxygens (including phenoxy) is 1. The lowest BCUT2D eigenvalue weighted by molar-refractivity contribution is -0.148. The van der Waals surface area contributed by atoms with Crippen LogP contribution in [0.25, 0.3) is 11.1 Å². The third-order valence-corrected chi connectivity index (χ3v) is 4.37. The minimum atomic E-state index is -0.248. The van der Waals surface area contributed by atoms with Gasteiger partial charge < -0.3 is 9.64 Å². The molecule has 126 valence electrons. The first-order valence-electron chi connectivity index (χ1n) is 8.31. The summed E-state index contributed by atoms with van der Waals surface area (Å²) >= 11 is 0. The number of benzene rings is 1. The van der Waals surface area contributed by atoms with Crippen molar-refractivity contribution < 1.29 is 13.9 Å². The number of carbonyl (C=O) groups excluding carboxylic acids is 1. The lowest BCUT2D eigenvalue weighted by Gasteiger charge is -2.31. The molecule has 0 unspecified atom stereocenters. The molecular weight excluding hydrogens is 307 g/mol. The maximum atomic E-state index is 13.8. The lowest BCUT2D eigenvalue weighted by Crippen LogP contribution is -2.37. The normalized spacial score (nSPS) is 15.3. The average Bonchev–Trinajstić information content (AvgIpc) is 2.63. The molecule has 3 rings (SSSR count). The van der Waals surface area contributed by atoms with Crippen LogP contribution in [0.4, 0.5) is 10.2 Å². The molecule has 1 aliphatic heterocycles. The molecule has 0 saturated carbocycles. The van der Waals surface area contributed by atoms with Crippen molar-refractivity contribution in [2.45, 2.75) is 19.8 Å². The fraction of sp³-hybridized carbons (Fsp3) is 0.368. The zero-order valence-corrected chi connectivity index (χ0v) is 13.7. The second kappa shape index (κ2) is 7.43. The van der Waals surface area contributed by atoms with Crippen molar-refractivity contribution in [2.24, 2.45) is 5.92 Å².